The Bertz CT molecular complexity index is 664. The van der Waals surface area contributed by atoms with Crippen molar-refractivity contribution in [2.24, 2.45) is 7.05 Å². The molecule has 22 heavy (non-hydrogen) atoms. The van der Waals surface area contributed by atoms with E-state index in [2.05, 4.69) is 30.2 Å². The first-order valence-corrected chi connectivity index (χ1v) is 8.32. The number of rotatable bonds is 5. The van der Waals surface area contributed by atoms with Crippen molar-refractivity contribution >= 4 is 23.4 Å². The number of anilines is 1. The smallest absolute Gasteiger partial charge is 0.237 e. The topological polar surface area (TPSA) is 46.9 Å². The van der Waals surface area contributed by atoms with Gasteiger partial charge in [0.1, 0.15) is 0 Å². The number of aromatic nitrogens is 2. The molecule has 0 aliphatic carbocycles. The molecular formula is C17H23N3OS. The summed E-state index contributed by atoms with van der Waals surface area (Å²) in [4.78, 5) is 16.8. The maximum Gasteiger partial charge on any atom is 0.237 e. The molecule has 2 rings (SSSR count). The second-order valence-electron chi connectivity index (χ2n) is 5.76. The number of benzene rings is 1. The summed E-state index contributed by atoms with van der Waals surface area (Å²) in [6.07, 6.45) is 3.62. The van der Waals surface area contributed by atoms with Gasteiger partial charge in [0.2, 0.25) is 5.91 Å². The van der Waals surface area contributed by atoms with Crippen LogP contribution in [-0.2, 0) is 11.8 Å². The molecule has 1 amide bonds. The number of imidazole rings is 1. The summed E-state index contributed by atoms with van der Waals surface area (Å²) in [5.41, 5.74) is 3.20. The molecule has 0 aliphatic rings. The van der Waals surface area contributed by atoms with E-state index < -0.39 is 0 Å². The van der Waals surface area contributed by atoms with Crippen molar-refractivity contribution in [3.8, 4) is 0 Å². The molecule has 0 radical (unpaired) electrons. The molecular weight excluding hydrogens is 294 g/mol. The van der Waals surface area contributed by atoms with E-state index in [0.29, 0.717) is 5.92 Å². The Hall–Kier alpha value is -1.75. The Morgan fingerprint density at radius 3 is 2.64 bits per heavy atom. The first-order chi connectivity index (χ1) is 10.4. The van der Waals surface area contributed by atoms with Gasteiger partial charge < -0.3 is 9.88 Å². The predicted molar refractivity (Wildman–Crippen MR) is 92.4 cm³/mol. The lowest BCUT2D eigenvalue weighted by Gasteiger charge is -2.18. The Morgan fingerprint density at radius 1 is 1.32 bits per heavy atom. The fourth-order valence-electron chi connectivity index (χ4n) is 2.24. The molecule has 1 aromatic heterocycles. The van der Waals surface area contributed by atoms with Gasteiger partial charge in [0.25, 0.3) is 0 Å². The number of para-hydroxylation sites is 1. The molecule has 2 aromatic rings. The minimum absolute atomic E-state index is 0.00389. The standard InChI is InChI=1S/C17H23N3OS/c1-11(2)14-8-6-7-12(3)15(14)19-16(21)13(4)22-17-18-9-10-20(17)5/h6-11,13H,1-5H3,(H,19,21). The summed E-state index contributed by atoms with van der Waals surface area (Å²) < 4.78 is 1.92. The van der Waals surface area contributed by atoms with Gasteiger partial charge in [-0.15, -0.1) is 0 Å². The lowest BCUT2D eigenvalue weighted by atomic mass is 9.98. The van der Waals surface area contributed by atoms with Gasteiger partial charge in [0, 0.05) is 25.1 Å². The zero-order chi connectivity index (χ0) is 16.3. The summed E-state index contributed by atoms with van der Waals surface area (Å²) in [5, 5.41) is 3.73. The average molecular weight is 317 g/mol. The molecule has 0 spiro atoms. The van der Waals surface area contributed by atoms with Crippen LogP contribution in [0.1, 0.15) is 37.8 Å². The molecule has 118 valence electrons. The van der Waals surface area contributed by atoms with Crippen molar-refractivity contribution in [1.29, 1.82) is 0 Å². The Kier molecular flexibility index (Phi) is 5.29. The van der Waals surface area contributed by atoms with Crippen LogP contribution in [0.25, 0.3) is 0 Å². The minimum Gasteiger partial charge on any atom is -0.329 e. The van der Waals surface area contributed by atoms with Gasteiger partial charge in [-0.3, -0.25) is 4.79 Å². The summed E-state index contributed by atoms with van der Waals surface area (Å²) >= 11 is 1.46. The normalized spacial score (nSPS) is 12.5. The van der Waals surface area contributed by atoms with Crippen LogP contribution in [0.4, 0.5) is 5.69 Å². The number of hydrogen-bond donors (Lipinski definition) is 1. The van der Waals surface area contributed by atoms with Crippen molar-refractivity contribution in [3.05, 3.63) is 41.7 Å². The Labute approximate surface area is 136 Å². The monoisotopic (exact) mass is 317 g/mol. The van der Waals surface area contributed by atoms with E-state index in [-0.39, 0.29) is 11.2 Å². The zero-order valence-electron chi connectivity index (χ0n) is 13.8. The summed E-state index contributed by atoms with van der Waals surface area (Å²) in [6.45, 7) is 8.20. The number of carbonyl (C=O) groups is 1. The van der Waals surface area contributed by atoms with Crippen LogP contribution in [0.3, 0.4) is 0 Å². The molecule has 0 saturated carbocycles. The molecule has 1 N–H and O–H groups in total. The van der Waals surface area contributed by atoms with Crippen molar-refractivity contribution in [2.75, 3.05) is 5.32 Å². The predicted octanol–water partition coefficient (Wildman–Crippen LogP) is 3.97. The lowest BCUT2D eigenvalue weighted by Crippen LogP contribution is -2.24. The van der Waals surface area contributed by atoms with Gasteiger partial charge in [0.15, 0.2) is 5.16 Å². The second kappa shape index (κ2) is 7.01. The third-order valence-electron chi connectivity index (χ3n) is 3.60. The summed E-state index contributed by atoms with van der Waals surface area (Å²) in [7, 11) is 1.93. The van der Waals surface area contributed by atoms with Crippen molar-refractivity contribution in [3.63, 3.8) is 0 Å². The summed E-state index contributed by atoms with van der Waals surface area (Å²) in [6, 6.07) is 6.13. The van der Waals surface area contributed by atoms with Crippen LogP contribution in [0, 0.1) is 6.92 Å². The van der Waals surface area contributed by atoms with Gasteiger partial charge in [-0.25, -0.2) is 4.98 Å². The third-order valence-corrected chi connectivity index (χ3v) is 4.78. The van der Waals surface area contributed by atoms with Gasteiger partial charge >= 0.3 is 0 Å². The Morgan fingerprint density at radius 2 is 2.05 bits per heavy atom. The molecule has 0 saturated heterocycles. The molecule has 1 aromatic carbocycles. The highest BCUT2D eigenvalue weighted by Gasteiger charge is 2.19. The number of carbonyl (C=O) groups excluding carboxylic acids is 1. The zero-order valence-corrected chi connectivity index (χ0v) is 14.6. The lowest BCUT2D eigenvalue weighted by molar-refractivity contribution is -0.115. The minimum atomic E-state index is -0.208. The van der Waals surface area contributed by atoms with E-state index in [9.17, 15) is 4.79 Å². The number of thioether (sulfide) groups is 1. The van der Waals surface area contributed by atoms with Crippen molar-refractivity contribution in [2.45, 2.75) is 44.0 Å². The molecule has 0 aliphatic heterocycles. The number of amides is 1. The number of nitrogens with one attached hydrogen (secondary N) is 1. The fraction of sp³-hybridized carbons (Fsp3) is 0.412. The van der Waals surface area contributed by atoms with Crippen LogP contribution in [-0.4, -0.2) is 20.7 Å². The first kappa shape index (κ1) is 16.6. The molecule has 0 bridgehead atoms. The van der Waals surface area contributed by atoms with Crippen LogP contribution in [0.5, 0.6) is 0 Å². The highest BCUT2D eigenvalue weighted by molar-refractivity contribution is 8.00. The van der Waals surface area contributed by atoms with E-state index in [0.717, 1.165) is 16.4 Å². The highest BCUT2D eigenvalue weighted by Crippen LogP contribution is 2.29. The van der Waals surface area contributed by atoms with Gasteiger partial charge in [-0.05, 0) is 30.9 Å². The van der Waals surface area contributed by atoms with E-state index >= 15 is 0 Å². The first-order valence-electron chi connectivity index (χ1n) is 7.44. The maximum atomic E-state index is 12.5. The van der Waals surface area contributed by atoms with Gasteiger partial charge in [-0.1, -0.05) is 43.8 Å². The number of nitrogens with zero attached hydrogens (tertiary/aromatic N) is 2. The molecule has 4 nitrogen and oxygen atoms in total. The van der Waals surface area contributed by atoms with E-state index in [1.54, 1.807) is 6.20 Å². The quantitative estimate of drug-likeness (QED) is 0.849. The number of hydrogen-bond acceptors (Lipinski definition) is 3. The SMILES string of the molecule is Cc1cccc(C(C)C)c1NC(=O)C(C)Sc1nccn1C. The van der Waals surface area contributed by atoms with E-state index in [4.69, 9.17) is 0 Å². The largest absolute Gasteiger partial charge is 0.329 e. The third kappa shape index (κ3) is 3.71. The van der Waals surface area contributed by atoms with E-state index in [1.165, 1.54) is 17.3 Å². The van der Waals surface area contributed by atoms with Gasteiger partial charge in [0.05, 0.1) is 5.25 Å². The summed E-state index contributed by atoms with van der Waals surface area (Å²) in [5.74, 6) is 0.372. The Balaban J connectivity index is 2.13. The number of aryl methyl sites for hydroxylation is 2. The van der Waals surface area contributed by atoms with Crippen LogP contribution in [0.15, 0.2) is 35.7 Å². The molecule has 1 unspecified atom stereocenters. The fourth-order valence-corrected chi connectivity index (χ4v) is 3.08. The van der Waals surface area contributed by atoms with Crippen LogP contribution >= 0.6 is 11.8 Å². The van der Waals surface area contributed by atoms with Crippen molar-refractivity contribution < 1.29 is 4.79 Å². The average Bonchev–Trinajstić information content (AvgIpc) is 2.86. The molecule has 1 heterocycles. The van der Waals surface area contributed by atoms with E-state index in [1.807, 2.05) is 43.8 Å². The van der Waals surface area contributed by atoms with Crippen molar-refractivity contribution in [1.82, 2.24) is 9.55 Å². The molecule has 5 heteroatoms. The van der Waals surface area contributed by atoms with Gasteiger partial charge in [-0.2, -0.15) is 0 Å². The molecule has 0 fully saturated rings. The van der Waals surface area contributed by atoms with Crippen LogP contribution < -0.4 is 5.32 Å². The molecule has 1 atom stereocenters. The second-order valence-corrected chi connectivity index (χ2v) is 7.07. The highest BCUT2D eigenvalue weighted by atomic mass is 32.2. The van der Waals surface area contributed by atoms with Crippen LogP contribution in [0.2, 0.25) is 0 Å². The maximum absolute atomic E-state index is 12.5.